The van der Waals surface area contributed by atoms with Crippen molar-refractivity contribution in [1.29, 1.82) is 0 Å². The van der Waals surface area contributed by atoms with Gasteiger partial charge < -0.3 is 14.4 Å². The molecule has 0 saturated carbocycles. The van der Waals surface area contributed by atoms with Gasteiger partial charge in [-0.15, -0.1) is 0 Å². The number of hydrogen-bond acceptors (Lipinski definition) is 6. The van der Waals surface area contributed by atoms with E-state index in [4.69, 9.17) is 14.4 Å². The third kappa shape index (κ3) is 3.92. The van der Waals surface area contributed by atoms with Gasteiger partial charge in [0.1, 0.15) is 5.75 Å². The van der Waals surface area contributed by atoms with E-state index in [-0.39, 0.29) is 13.2 Å². The molecule has 23 heavy (non-hydrogen) atoms. The molecule has 6 heteroatoms. The SMILES string of the molecule is Cc1ccccc1Cc1noc(COc2ccc(CO)nc2)n1. The molecule has 0 saturated heterocycles. The van der Waals surface area contributed by atoms with Crippen molar-refractivity contribution in [2.24, 2.45) is 0 Å². The molecule has 3 aromatic rings. The summed E-state index contributed by atoms with van der Waals surface area (Å²) in [7, 11) is 0. The van der Waals surface area contributed by atoms with Crippen molar-refractivity contribution in [3.8, 4) is 5.75 Å². The van der Waals surface area contributed by atoms with Gasteiger partial charge in [-0.05, 0) is 30.2 Å². The maximum Gasteiger partial charge on any atom is 0.264 e. The van der Waals surface area contributed by atoms with E-state index in [2.05, 4.69) is 34.2 Å². The third-order valence-corrected chi connectivity index (χ3v) is 3.44. The van der Waals surface area contributed by atoms with Crippen molar-refractivity contribution >= 4 is 0 Å². The summed E-state index contributed by atoms with van der Waals surface area (Å²) < 4.78 is 10.7. The van der Waals surface area contributed by atoms with Crippen LogP contribution in [0.15, 0.2) is 47.1 Å². The quantitative estimate of drug-likeness (QED) is 0.753. The van der Waals surface area contributed by atoms with Gasteiger partial charge in [0.25, 0.3) is 5.89 Å². The molecule has 0 aliphatic rings. The first-order valence-corrected chi connectivity index (χ1v) is 7.29. The van der Waals surface area contributed by atoms with Crippen LogP contribution in [0.3, 0.4) is 0 Å². The minimum absolute atomic E-state index is 0.0911. The number of aromatic nitrogens is 3. The van der Waals surface area contributed by atoms with E-state index >= 15 is 0 Å². The Hall–Kier alpha value is -2.73. The Balaban J connectivity index is 1.59. The molecule has 1 aromatic carbocycles. The van der Waals surface area contributed by atoms with Crippen LogP contribution in [0.4, 0.5) is 0 Å². The molecule has 6 nitrogen and oxygen atoms in total. The first kappa shape index (κ1) is 15.2. The fourth-order valence-electron chi connectivity index (χ4n) is 2.13. The van der Waals surface area contributed by atoms with Gasteiger partial charge in [-0.1, -0.05) is 29.4 Å². The maximum atomic E-state index is 8.94. The lowest BCUT2D eigenvalue weighted by molar-refractivity contribution is 0.241. The van der Waals surface area contributed by atoms with Crippen molar-refractivity contribution in [3.63, 3.8) is 0 Å². The van der Waals surface area contributed by atoms with E-state index < -0.39 is 0 Å². The summed E-state index contributed by atoms with van der Waals surface area (Å²) in [6, 6.07) is 11.6. The third-order valence-electron chi connectivity index (χ3n) is 3.44. The molecule has 2 heterocycles. The van der Waals surface area contributed by atoms with Crippen molar-refractivity contribution < 1.29 is 14.4 Å². The molecular formula is C17H17N3O3. The standard InChI is InChI=1S/C17H17N3O3/c1-12-4-2-3-5-13(12)8-16-19-17(23-20-16)11-22-15-7-6-14(10-21)18-9-15/h2-7,9,21H,8,10-11H2,1H3. The van der Waals surface area contributed by atoms with Gasteiger partial charge in [0.05, 0.1) is 18.5 Å². The summed E-state index contributed by atoms with van der Waals surface area (Å²) in [6.07, 6.45) is 2.18. The molecule has 0 aliphatic carbocycles. The fourth-order valence-corrected chi connectivity index (χ4v) is 2.13. The van der Waals surface area contributed by atoms with E-state index in [1.54, 1.807) is 18.3 Å². The highest BCUT2D eigenvalue weighted by Gasteiger charge is 2.09. The van der Waals surface area contributed by atoms with Gasteiger partial charge in [-0.25, -0.2) is 0 Å². The van der Waals surface area contributed by atoms with E-state index in [0.29, 0.717) is 29.6 Å². The summed E-state index contributed by atoms with van der Waals surface area (Å²) in [4.78, 5) is 8.37. The number of nitrogens with zero attached hydrogens (tertiary/aromatic N) is 3. The van der Waals surface area contributed by atoms with Crippen LogP contribution in [-0.2, 0) is 19.6 Å². The number of hydrogen-bond donors (Lipinski definition) is 1. The summed E-state index contributed by atoms with van der Waals surface area (Å²) >= 11 is 0. The summed E-state index contributed by atoms with van der Waals surface area (Å²) in [5.74, 6) is 1.63. The molecule has 1 N–H and O–H groups in total. The molecule has 0 unspecified atom stereocenters. The monoisotopic (exact) mass is 311 g/mol. The number of rotatable bonds is 6. The minimum Gasteiger partial charge on any atom is -0.482 e. The van der Waals surface area contributed by atoms with Gasteiger partial charge in [-0.2, -0.15) is 4.98 Å². The first-order valence-electron chi connectivity index (χ1n) is 7.29. The summed E-state index contributed by atoms with van der Waals surface area (Å²) in [5.41, 5.74) is 2.96. The zero-order valence-corrected chi connectivity index (χ0v) is 12.8. The van der Waals surface area contributed by atoms with Crippen molar-refractivity contribution in [3.05, 3.63) is 71.1 Å². The second-order valence-corrected chi connectivity index (χ2v) is 5.14. The minimum atomic E-state index is -0.0911. The topological polar surface area (TPSA) is 81.3 Å². The number of ether oxygens (including phenoxy) is 1. The van der Waals surface area contributed by atoms with Crippen LogP contribution in [0.1, 0.15) is 28.5 Å². The van der Waals surface area contributed by atoms with Crippen molar-refractivity contribution in [2.75, 3.05) is 0 Å². The molecular weight excluding hydrogens is 294 g/mol. The highest BCUT2D eigenvalue weighted by Crippen LogP contribution is 2.14. The van der Waals surface area contributed by atoms with Gasteiger partial charge in [0.2, 0.25) is 0 Å². The van der Waals surface area contributed by atoms with Crippen LogP contribution in [0.25, 0.3) is 0 Å². The van der Waals surface area contributed by atoms with Gasteiger partial charge in [0.15, 0.2) is 12.4 Å². The summed E-state index contributed by atoms with van der Waals surface area (Å²) in [6.45, 7) is 2.15. The van der Waals surface area contributed by atoms with Crippen LogP contribution in [0, 0.1) is 6.92 Å². The average Bonchev–Trinajstić information content (AvgIpc) is 3.03. The lowest BCUT2D eigenvalue weighted by Crippen LogP contribution is -1.98. The number of aliphatic hydroxyl groups is 1. The zero-order valence-electron chi connectivity index (χ0n) is 12.8. The van der Waals surface area contributed by atoms with Gasteiger partial charge in [0, 0.05) is 6.42 Å². The van der Waals surface area contributed by atoms with Crippen LogP contribution in [0.5, 0.6) is 5.75 Å². The van der Waals surface area contributed by atoms with Crippen LogP contribution in [0.2, 0.25) is 0 Å². The largest absolute Gasteiger partial charge is 0.482 e. The number of aryl methyl sites for hydroxylation is 1. The summed E-state index contributed by atoms with van der Waals surface area (Å²) in [5, 5.41) is 12.9. The van der Waals surface area contributed by atoms with E-state index in [0.717, 1.165) is 0 Å². The smallest absolute Gasteiger partial charge is 0.264 e. The van der Waals surface area contributed by atoms with E-state index in [1.807, 2.05) is 12.1 Å². The molecule has 0 amide bonds. The predicted octanol–water partition coefficient (Wildman–Crippen LogP) is 2.44. The Labute approximate surface area is 133 Å². The Bertz CT molecular complexity index is 769. The maximum absolute atomic E-state index is 8.94. The highest BCUT2D eigenvalue weighted by atomic mass is 16.5. The predicted molar refractivity (Wildman–Crippen MR) is 82.8 cm³/mol. The molecule has 0 radical (unpaired) electrons. The number of pyridine rings is 1. The van der Waals surface area contributed by atoms with Gasteiger partial charge in [-0.3, -0.25) is 4.98 Å². The molecule has 2 aromatic heterocycles. The normalized spacial score (nSPS) is 10.7. The average molecular weight is 311 g/mol. The Kier molecular flexibility index (Phi) is 4.63. The fraction of sp³-hybridized carbons (Fsp3) is 0.235. The van der Waals surface area contributed by atoms with Crippen LogP contribution in [-0.4, -0.2) is 20.2 Å². The van der Waals surface area contributed by atoms with Crippen LogP contribution >= 0.6 is 0 Å². The van der Waals surface area contributed by atoms with Gasteiger partial charge >= 0.3 is 0 Å². The molecule has 3 rings (SSSR count). The molecule has 0 fully saturated rings. The van der Waals surface area contributed by atoms with Crippen LogP contribution < -0.4 is 4.74 Å². The molecule has 0 aliphatic heterocycles. The lowest BCUT2D eigenvalue weighted by Gasteiger charge is -2.03. The molecule has 0 atom stereocenters. The number of benzene rings is 1. The van der Waals surface area contributed by atoms with E-state index in [1.165, 1.54) is 11.1 Å². The highest BCUT2D eigenvalue weighted by molar-refractivity contribution is 5.28. The lowest BCUT2D eigenvalue weighted by atomic mass is 10.1. The molecule has 118 valence electrons. The van der Waals surface area contributed by atoms with Crippen molar-refractivity contribution in [2.45, 2.75) is 26.6 Å². The Morgan fingerprint density at radius 1 is 1.17 bits per heavy atom. The van der Waals surface area contributed by atoms with Crippen molar-refractivity contribution in [1.82, 2.24) is 15.1 Å². The molecule has 0 bridgehead atoms. The second-order valence-electron chi connectivity index (χ2n) is 5.14. The first-order chi connectivity index (χ1) is 11.2. The molecule has 0 spiro atoms. The zero-order chi connectivity index (χ0) is 16.1. The second kappa shape index (κ2) is 7.02. The Morgan fingerprint density at radius 3 is 2.78 bits per heavy atom. The van der Waals surface area contributed by atoms with E-state index in [9.17, 15) is 0 Å². The number of aliphatic hydroxyl groups excluding tert-OH is 1. The Morgan fingerprint density at radius 2 is 2.04 bits per heavy atom.